The van der Waals surface area contributed by atoms with Gasteiger partial charge in [-0.2, -0.15) is 4.37 Å². The molecular weight excluding hydrogens is 415 g/mol. The predicted octanol–water partition coefficient (Wildman–Crippen LogP) is 3.90. The molecule has 1 aromatic heterocycles. The van der Waals surface area contributed by atoms with E-state index < -0.39 is 17.7 Å². The minimum atomic E-state index is -0.815. The Morgan fingerprint density at radius 2 is 1.70 bits per heavy atom. The largest absolute Gasteiger partial charge is 0.343 e. The summed E-state index contributed by atoms with van der Waals surface area (Å²) in [5, 5.41) is 3.23. The third-order valence-electron chi connectivity index (χ3n) is 4.74. The van der Waals surface area contributed by atoms with E-state index in [0.717, 1.165) is 22.8 Å². The van der Waals surface area contributed by atoms with Crippen LogP contribution in [0.15, 0.2) is 42.5 Å². The molecule has 2 heterocycles. The summed E-state index contributed by atoms with van der Waals surface area (Å²) in [5.74, 6) is -1.14. The zero-order valence-corrected chi connectivity index (χ0v) is 16.6. The highest BCUT2D eigenvalue weighted by Crippen LogP contribution is 2.21. The number of benzene rings is 2. The Balaban J connectivity index is 1.31. The molecule has 156 valence electrons. The molecule has 1 N–H and O–H groups in total. The summed E-state index contributed by atoms with van der Waals surface area (Å²) < 4.78 is 44.1. The summed E-state index contributed by atoms with van der Waals surface area (Å²) in [4.78, 5) is 20.5. The van der Waals surface area contributed by atoms with E-state index in [1.807, 2.05) is 4.90 Å². The predicted molar refractivity (Wildman–Crippen MR) is 108 cm³/mol. The van der Waals surface area contributed by atoms with Gasteiger partial charge in [-0.3, -0.25) is 0 Å². The van der Waals surface area contributed by atoms with Gasteiger partial charge in [0.2, 0.25) is 5.13 Å². The fourth-order valence-corrected chi connectivity index (χ4v) is 3.85. The number of aromatic nitrogens is 2. The Bertz CT molecular complexity index is 1040. The molecule has 2 aromatic carbocycles. The molecule has 0 atom stereocenters. The summed E-state index contributed by atoms with van der Waals surface area (Å²) in [6.45, 7) is 1.98. The molecule has 1 aliphatic rings. The third kappa shape index (κ3) is 4.70. The van der Waals surface area contributed by atoms with Crippen molar-refractivity contribution in [2.75, 3.05) is 36.4 Å². The van der Waals surface area contributed by atoms with Crippen molar-refractivity contribution in [1.29, 1.82) is 0 Å². The first-order chi connectivity index (χ1) is 14.5. The molecule has 3 aromatic rings. The normalized spacial score (nSPS) is 14.1. The van der Waals surface area contributed by atoms with E-state index in [1.165, 1.54) is 29.7 Å². The van der Waals surface area contributed by atoms with Crippen molar-refractivity contribution in [2.24, 2.45) is 0 Å². The highest BCUT2D eigenvalue weighted by atomic mass is 32.1. The van der Waals surface area contributed by atoms with Crippen LogP contribution in [0.25, 0.3) is 0 Å². The van der Waals surface area contributed by atoms with Crippen LogP contribution >= 0.6 is 11.5 Å². The molecule has 4 rings (SSSR count). The highest BCUT2D eigenvalue weighted by molar-refractivity contribution is 7.09. The Labute approximate surface area is 175 Å². The van der Waals surface area contributed by atoms with Crippen LogP contribution in [0.5, 0.6) is 0 Å². The van der Waals surface area contributed by atoms with Crippen LogP contribution in [-0.4, -0.2) is 46.5 Å². The number of anilines is 2. The van der Waals surface area contributed by atoms with Gasteiger partial charge in [0.05, 0.1) is 5.69 Å². The molecule has 10 heteroatoms. The molecule has 0 saturated carbocycles. The molecule has 1 fully saturated rings. The molecule has 2 amide bonds. The average molecular weight is 433 g/mol. The minimum absolute atomic E-state index is 0.0570. The van der Waals surface area contributed by atoms with E-state index in [0.29, 0.717) is 38.4 Å². The van der Waals surface area contributed by atoms with Crippen LogP contribution in [0, 0.1) is 17.5 Å². The molecule has 6 nitrogen and oxygen atoms in total. The lowest BCUT2D eigenvalue weighted by atomic mass is 10.1. The Morgan fingerprint density at radius 3 is 2.40 bits per heavy atom. The van der Waals surface area contributed by atoms with Crippen LogP contribution in [0.1, 0.15) is 11.4 Å². The van der Waals surface area contributed by atoms with Crippen molar-refractivity contribution in [3.05, 3.63) is 71.3 Å². The summed E-state index contributed by atoms with van der Waals surface area (Å²) in [6.07, 6.45) is 0.516. The number of carbonyl (C=O) groups excluding carboxylic acids is 1. The van der Waals surface area contributed by atoms with E-state index in [1.54, 1.807) is 17.0 Å². The van der Waals surface area contributed by atoms with Crippen LogP contribution in [-0.2, 0) is 6.42 Å². The topological polar surface area (TPSA) is 61.4 Å². The molecule has 1 saturated heterocycles. The van der Waals surface area contributed by atoms with Crippen molar-refractivity contribution in [1.82, 2.24) is 14.3 Å². The maximum absolute atomic E-state index is 13.7. The van der Waals surface area contributed by atoms with Crippen LogP contribution in [0.4, 0.5) is 28.8 Å². The Kier molecular flexibility index (Phi) is 5.84. The highest BCUT2D eigenvalue weighted by Gasteiger charge is 2.24. The standard InChI is InChI=1S/C20H18F3N5OS/c21-14-3-1-13(2-4-14)11-18-25-20(30-26-18)28-9-7-27(8-10-28)19(29)24-17-6-5-15(22)12-16(17)23/h1-6,12H,7-11H2,(H,24,29). The van der Waals surface area contributed by atoms with Crippen molar-refractivity contribution in [2.45, 2.75) is 6.42 Å². The van der Waals surface area contributed by atoms with Crippen molar-refractivity contribution in [3.8, 4) is 0 Å². The number of urea groups is 1. The van der Waals surface area contributed by atoms with Crippen molar-refractivity contribution >= 4 is 28.4 Å². The van der Waals surface area contributed by atoms with E-state index >= 15 is 0 Å². The smallest absolute Gasteiger partial charge is 0.322 e. The maximum atomic E-state index is 13.7. The van der Waals surface area contributed by atoms with Gasteiger partial charge in [-0.15, -0.1) is 0 Å². The van der Waals surface area contributed by atoms with Crippen molar-refractivity contribution in [3.63, 3.8) is 0 Å². The van der Waals surface area contributed by atoms with E-state index in [-0.39, 0.29) is 11.5 Å². The first-order valence-corrected chi connectivity index (χ1v) is 10.1. The molecule has 30 heavy (non-hydrogen) atoms. The van der Waals surface area contributed by atoms with Crippen LogP contribution in [0.2, 0.25) is 0 Å². The molecule has 0 radical (unpaired) electrons. The van der Waals surface area contributed by atoms with Gasteiger partial charge in [-0.25, -0.2) is 22.9 Å². The summed E-state index contributed by atoms with van der Waals surface area (Å²) in [5.41, 5.74) is 0.869. The lowest BCUT2D eigenvalue weighted by Gasteiger charge is -2.34. The fraction of sp³-hybridized carbons (Fsp3) is 0.250. The Hall–Kier alpha value is -3.14. The lowest BCUT2D eigenvalue weighted by Crippen LogP contribution is -2.50. The number of rotatable bonds is 4. The quantitative estimate of drug-likeness (QED) is 0.678. The third-order valence-corrected chi connectivity index (χ3v) is 5.56. The van der Waals surface area contributed by atoms with E-state index in [2.05, 4.69) is 14.7 Å². The van der Waals surface area contributed by atoms with Gasteiger partial charge in [0.1, 0.15) is 23.3 Å². The molecule has 0 unspecified atom stereocenters. The SMILES string of the molecule is O=C(Nc1ccc(F)cc1F)N1CCN(c2nc(Cc3ccc(F)cc3)ns2)CC1. The second kappa shape index (κ2) is 8.70. The number of nitrogens with zero attached hydrogens (tertiary/aromatic N) is 4. The van der Waals surface area contributed by atoms with Crippen LogP contribution in [0.3, 0.4) is 0 Å². The second-order valence-corrected chi connectivity index (χ2v) is 7.56. The summed E-state index contributed by atoms with van der Waals surface area (Å²) >= 11 is 1.28. The summed E-state index contributed by atoms with van der Waals surface area (Å²) in [6, 6.07) is 8.81. The number of amides is 2. The van der Waals surface area contributed by atoms with Gasteiger partial charge in [-0.1, -0.05) is 12.1 Å². The second-order valence-electron chi connectivity index (χ2n) is 6.82. The lowest BCUT2D eigenvalue weighted by molar-refractivity contribution is 0.208. The zero-order chi connectivity index (χ0) is 21.1. The summed E-state index contributed by atoms with van der Waals surface area (Å²) in [7, 11) is 0. The minimum Gasteiger partial charge on any atom is -0.343 e. The Morgan fingerprint density at radius 1 is 1.00 bits per heavy atom. The van der Waals surface area contributed by atoms with E-state index in [9.17, 15) is 18.0 Å². The van der Waals surface area contributed by atoms with Gasteiger partial charge >= 0.3 is 6.03 Å². The number of carbonyl (C=O) groups is 1. The number of nitrogens with one attached hydrogen (secondary N) is 1. The monoisotopic (exact) mass is 433 g/mol. The van der Waals surface area contributed by atoms with Gasteiger partial charge in [0.25, 0.3) is 0 Å². The van der Waals surface area contributed by atoms with Crippen LogP contribution < -0.4 is 10.2 Å². The van der Waals surface area contributed by atoms with E-state index in [4.69, 9.17) is 0 Å². The van der Waals surface area contributed by atoms with Gasteiger partial charge in [-0.05, 0) is 29.8 Å². The zero-order valence-electron chi connectivity index (χ0n) is 15.8. The maximum Gasteiger partial charge on any atom is 0.322 e. The molecule has 1 aliphatic heterocycles. The number of hydrogen-bond donors (Lipinski definition) is 1. The number of piperazine rings is 1. The fourth-order valence-electron chi connectivity index (χ4n) is 3.12. The number of halogens is 3. The molecular formula is C20H18F3N5OS. The first-order valence-electron chi connectivity index (χ1n) is 9.31. The molecule has 0 bridgehead atoms. The first kappa shape index (κ1) is 20.1. The molecule has 0 aliphatic carbocycles. The number of hydrogen-bond acceptors (Lipinski definition) is 5. The average Bonchev–Trinajstić information content (AvgIpc) is 3.20. The van der Waals surface area contributed by atoms with Gasteiger partial charge < -0.3 is 15.1 Å². The molecule has 0 spiro atoms. The van der Waals surface area contributed by atoms with Crippen molar-refractivity contribution < 1.29 is 18.0 Å². The van der Waals surface area contributed by atoms with Gasteiger partial charge in [0, 0.05) is 50.2 Å². The van der Waals surface area contributed by atoms with Gasteiger partial charge in [0.15, 0.2) is 0 Å².